The molecule has 3 aromatic rings. The Morgan fingerprint density at radius 1 is 1.21 bits per heavy atom. The van der Waals surface area contributed by atoms with Gasteiger partial charge in [-0.25, -0.2) is 4.98 Å². The van der Waals surface area contributed by atoms with Crippen LogP contribution >= 0.6 is 11.8 Å². The maximum Gasteiger partial charge on any atom is 0.244 e. The van der Waals surface area contributed by atoms with Gasteiger partial charge < -0.3 is 5.32 Å². The van der Waals surface area contributed by atoms with Crippen molar-refractivity contribution in [2.45, 2.75) is 30.7 Å². The molecule has 1 aliphatic heterocycles. The Labute approximate surface area is 172 Å². The number of nitrogens with zero attached hydrogens (tertiary/aromatic N) is 3. The van der Waals surface area contributed by atoms with Crippen molar-refractivity contribution in [3.8, 4) is 11.4 Å². The number of aryl methyl sites for hydroxylation is 1. The van der Waals surface area contributed by atoms with Gasteiger partial charge in [0, 0.05) is 5.56 Å². The van der Waals surface area contributed by atoms with Crippen LogP contribution in [0.15, 0.2) is 53.7 Å². The lowest BCUT2D eigenvalue weighted by Gasteiger charge is -2.30. The van der Waals surface area contributed by atoms with E-state index in [1.165, 1.54) is 22.2 Å². The number of anilines is 2. The molecule has 148 valence electrons. The van der Waals surface area contributed by atoms with Crippen molar-refractivity contribution in [3.05, 3.63) is 54.1 Å². The number of benzene rings is 2. The lowest BCUT2D eigenvalue weighted by Crippen LogP contribution is -2.45. The van der Waals surface area contributed by atoms with E-state index in [4.69, 9.17) is 0 Å². The lowest BCUT2D eigenvalue weighted by atomic mass is 10.1. The SMILES string of the molecule is CCc1ccc(-c2nc(S[C@H](C)C(=O)N3CC(=O)Nc4ccccc43)n[nH]2)cc1. The van der Waals surface area contributed by atoms with Gasteiger partial charge in [0.15, 0.2) is 5.82 Å². The summed E-state index contributed by atoms with van der Waals surface area (Å²) in [5.41, 5.74) is 3.55. The van der Waals surface area contributed by atoms with Gasteiger partial charge in [-0.15, -0.1) is 5.10 Å². The first-order chi connectivity index (χ1) is 14.0. The number of fused-ring (bicyclic) bond motifs is 1. The number of H-pyrrole nitrogens is 1. The molecule has 2 heterocycles. The fourth-order valence-corrected chi connectivity index (χ4v) is 3.97. The predicted octanol–water partition coefficient (Wildman–Crippen LogP) is 3.50. The van der Waals surface area contributed by atoms with Crippen LogP contribution in [0.5, 0.6) is 0 Å². The Hall–Kier alpha value is -3.13. The molecule has 0 bridgehead atoms. The minimum absolute atomic E-state index is 0.00374. The highest BCUT2D eigenvalue weighted by molar-refractivity contribution is 8.00. The van der Waals surface area contributed by atoms with E-state index in [9.17, 15) is 9.59 Å². The molecule has 29 heavy (non-hydrogen) atoms. The summed E-state index contributed by atoms with van der Waals surface area (Å²) in [7, 11) is 0. The zero-order chi connectivity index (χ0) is 20.4. The Balaban J connectivity index is 1.48. The number of carbonyl (C=O) groups is 2. The smallest absolute Gasteiger partial charge is 0.244 e. The van der Waals surface area contributed by atoms with E-state index in [1.54, 1.807) is 13.0 Å². The van der Waals surface area contributed by atoms with Crippen molar-refractivity contribution in [1.82, 2.24) is 15.2 Å². The van der Waals surface area contributed by atoms with Gasteiger partial charge >= 0.3 is 0 Å². The molecule has 1 atom stereocenters. The molecule has 0 saturated carbocycles. The van der Waals surface area contributed by atoms with Gasteiger partial charge in [0.1, 0.15) is 6.54 Å². The number of rotatable bonds is 5. The number of hydrogen-bond donors (Lipinski definition) is 2. The number of amides is 2. The van der Waals surface area contributed by atoms with Gasteiger partial charge in [0.05, 0.1) is 16.6 Å². The zero-order valence-corrected chi connectivity index (χ0v) is 17.0. The maximum atomic E-state index is 13.0. The summed E-state index contributed by atoms with van der Waals surface area (Å²) in [5.74, 6) is 0.304. The summed E-state index contributed by atoms with van der Waals surface area (Å²) in [5, 5.41) is 10.0. The van der Waals surface area contributed by atoms with Crippen LogP contribution in [-0.4, -0.2) is 38.8 Å². The van der Waals surface area contributed by atoms with Crippen LogP contribution in [-0.2, 0) is 16.0 Å². The summed E-state index contributed by atoms with van der Waals surface area (Å²) < 4.78 is 0. The average molecular weight is 407 g/mol. The fraction of sp³-hybridized carbons (Fsp3) is 0.238. The second-order valence-electron chi connectivity index (χ2n) is 6.77. The van der Waals surface area contributed by atoms with Crippen molar-refractivity contribution in [2.24, 2.45) is 0 Å². The summed E-state index contributed by atoms with van der Waals surface area (Å²) in [6.07, 6.45) is 0.981. The molecule has 0 radical (unpaired) electrons. The minimum atomic E-state index is -0.444. The fourth-order valence-electron chi connectivity index (χ4n) is 3.18. The van der Waals surface area contributed by atoms with Gasteiger partial charge in [-0.05, 0) is 31.0 Å². The number of thioether (sulfide) groups is 1. The van der Waals surface area contributed by atoms with Gasteiger partial charge in [-0.3, -0.25) is 19.6 Å². The molecule has 2 N–H and O–H groups in total. The predicted molar refractivity (Wildman–Crippen MR) is 114 cm³/mol. The standard InChI is InChI=1S/C21H21N5O2S/c1-3-14-8-10-15(11-9-14)19-23-21(25-24-19)29-13(2)20(28)26-12-18(27)22-16-6-4-5-7-17(16)26/h4-11,13H,3,12H2,1-2H3,(H,22,27)(H,23,24,25)/t13-/m1/s1. The highest BCUT2D eigenvalue weighted by atomic mass is 32.2. The third-order valence-corrected chi connectivity index (χ3v) is 5.72. The Bertz CT molecular complexity index is 1050. The second kappa shape index (κ2) is 8.08. The van der Waals surface area contributed by atoms with Crippen LogP contribution in [0.4, 0.5) is 11.4 Å². The van der Waals surface area contributed by atoms with Crippen LogP contribution in [0.1, 0.15) is 19.4 Å². The molecule has 0 aliphatic carbocycles. The number of para-hydroxylation sites is 2. The van der Waals surface area contributed by atoms with Crippen molar-refractivity contribution in [1.29, 1.82) is 0 Å². The van der Waals surface area contributed by atoms with Crippen molar-refractivity contribution < 1.29 is 9.59 Å². The van der Waals surface area contributed by atoms with E-state index in [1.807, 2.05) is 30.3 Å². The van der Waals surface area contributed by atoms with Crippen LogP contribution in [0.3, 0.4) is 0 Å². The molecule has 4 rings (SSSR count). The Morgan fingerprint density at radius 3 is 2.72 bits per heavy atom. The molecule has 0 spiro atoms. The molecule has 7 nitrogen and oxygen atoms in total. The summed E-state index contributed by atoms with van der Waals surface area (Å²) in [4.78, 5) is 31.0. The molecule has 0 saturated heterocycles. The van der Waals surface area contributed by atoms with E-state index in [2.05, 4.69) is 39.6 Å². The van der Waals surface area contributed by atoms with E-state index in [0.29, 0.717) is 22.4 Å². The van der Waals surface area contributed by atoms with Crippen LogP contribution in [0.2, 0.25) is 0 Å². The van der Waals surface area contributed by atoms with Crippen molar-refractivity contribution in [2.75, 3.05) is 16.8 Å². The molecule has 1 aromatic heterocycles. The molecule has 8 heteroatoms. The molecular formula is C21H21N5O2S. The highest BCUT2D eigenvalue weighted by Crippen LogP contribution is 2.32. The summed E-state index contributed by atoms with van der Waals surface area (Å²) in [6, 6.07) is 15.4. The maximum absolute atomic E-state index is 13.0. The summed E-state index contributed by atoms with van der Waals surface area (Å²) in [6.45, 7) is 3.92. The average Bonchev–Trinajstić information content (AvgIpc) is 3.21. The molecule has 0 fully saturated rings. The first kappa shape index (κ1) is 19.2. The highest BCUT2D eigenvalue weighted by Gasteiger charge is 2.30. The molecular weight excluding hydrogens is 386 g/mol. The Kier molecular flexibility index (Phi) is 5.35. The monoisotopic (exact) mass is 407 g/mol. The van der Waals surface area contributed by atoms with Crippen LogP contribution in [0.25, 0.3) is 11.4 Å². The van der Waals surface area contributed by atoms with Crippen LogP contribution in [0, 0.1) is 0 Å². The largest absolute Gasteiger partial charge is 0.323 e. The second-order valence-corrected chi connectivity index (χ2v) is 8.07. The van der Waals surface area contributed by atoms with Gasteiger partial charge in [0.2, 0.25) is 17.0 Å². The number of aromatic amines is 1. The van der Waals surface area contributed by atoms with Crippen molar-refractivity contribution >= 4 is 35.0 Å². The van der Waals surface area contributed by atoms with E-state index in [-0.39, 0.29) is 18.4 Å². The molecule has 1 aliphatic rings. The van der Waals surface area contributed by atoms with Crippen LogP contribution < -0.4 is 10.2 Å². The zero-order valence-electron chi connectivity index (χ0n) is 16.2. The van der Waals surface area contributed by atoms with E-state index in [0.717, 1.165) is 12.0 Å². The minimum Gasteiger partial charge on any atom is -0.323 e. The molecule has 2 amide bonds. The number of aromatic nitrogens is 3. The van der Waals surface area contributed by atoms with Gasteiger partial charge in [-0.1, -0.05) is 55.1 Å². The third kappa shape index (κ3) is 4.02. The Morgan fingerprint density at radius 2 is 1.97 bits per heavy atom. The van der Waals surface area contributed by atoms with Gasteiger partial charge in [0.25, 0.3) is 0 Å². The van der Waals surface area contributed by atoms with Crippen molar-refractivity contribution in [3.63, 3.8) is 0 Å². The quantitative estimate of drug-likeness (QED) is 0.632. The third-order valence-electron chi connectivity index (χ3n) is 4.77. The number of hydrogen-bond acceptors (Lipinski definition) is 5. The summed E-state index contributed by atoms with van der Waals surface area (Å²) >= 11 is 1.27. The molecule has 0 unspecified atom stereocenters. The lowest BCUT2D eigenvalue weighted by molar-refractivity contribution is -0.121. The normalized spacial score (nSPS) is 14.3. The first-order valence-corrected chi connectivity index (χ1v) is 10.3. The molecule has 2 aromatic carbocycles. The number of carbonyl (C=O) groups excluding carboxylic acids is 2. The number of nitrogens with one attached hydrogen (secondary N) is 2. The first-order valence-electron chi connectivity index (χ1n) is 9.43. The van der Waals surface area contributed by atoms with Gasteiger partial charge in [-0.2, -0.15) is 0 Å². The van der Waals surface area contributed by atoms with E-state index >= 15 is 0 Å². The topological polar surface area (TPSA) is 91.0 Å². The van der Waals surface area contributed by atoms with E-state index < -0.39 is 5.25 Å².